The van der Waals surface area contributed by atoms with Crippen molar-refractivity contribution in [2.24, 2.45) is 10.8 Å². The normalized spacial score (nSPS) is 17.2. The van der Waals surface area contributed by atoms with Gasteiger partial charge in [-0.3, -0.25) is 0 Å². The van der Waals surface area contributed by atoms with Crippen LogP contribution in [0.5, 0.6) is 0 Å². The van der Waals surface area contributed by atoms with E-state index >= 15 is 0 Å². The van der Waals surface area contributed by atoms with E-state index in [-0.39, 0.29) is 0 Å². The molecule has 0 aliphatic rings. The first kappa shape index (κ1) is 16.7. The fraction of sp³-hybridized carbons (Fsp3) is 1.00. The summed E-state index contributed by atoms with van der Waals surface area (Å²) in [6.07, 6.45) is 2.51. The topological polar surface area (TPSA) is 0 Å². The van der Waals surface area contributed by atoms with Crippen LogP contribution in [0.25, 0.3) is 0 Å². The highest BCUT2D eigenvalue weighted by Gasteiger charge is 2.28. The van der Waals surface area contributed by atoms with Crippen molar-refractivity contribution in [3.8, 4) is 0 Å². The molecule has 2 atom stereocenters. The van der Waals surface area contributed by atoms with E-state index in [2.05, 4.69) is 77.0 Å². The van der Waals surface area contributed by atoms with Crippen LogP contribution < -0.4 is 0 Å². The highest BCUT2D eigenvalue weighted by atomic mass is 33.1. The Labute approximate surface area is 111 Å². The van der Waals surface area contributed by atoms with Crippen LogP contribution in [0.3, 0.4) is 0 Å². The van der Waals surface area contributed by atoms with Gasteiger partial charge in [0.2, 0.25) is 0 Å². The van der Waals surface area contributed by atoms with Crippen LogP contribution in [0, 0.1) is 10.8 Å². The van der Waals surface area contributed by atoms with Gasteiger partial charge < -0.3 is 0 Å². The van der Waals surface area contributed by atoms with Crippen LogP contribution in [0.1, 0.15) is 68.2 Å². The fourth-order valence-electron chi connectivity index (χ4n) is 1.00. The largest absolute Gasteiger partial charge is 0.0902 e. The molecular formula is C14H30S2. The first-order valence-electron chi connectivity index (χ1n) is 6.49. The summed E-state index contributed by atoms with van der Waals surface area (Å²) in [4.78, 5) is 0. The predicted octanol–water partition coefficient (Wildman–Crippen LogP) is 6.02. The molecular weight excluding hydrogens is 232 g/mol. The maximum atomic E-state index is 2.38. The summed E-state index contributed by atoms with van der Waals surface area (Å²) in [5.41, 5.74) is 0.904. The van der Waals surface area contributed by atoms with Crippen LogP contribution in [0.15, 0.2) is 0 Å². The molecule has 2 heteroatoms. The predicted molar refractivity (Wildman–Crippen MR) is 82.3 cm³/mol. The molecule has 0 N–H and O–H groups in total. The third-order valence-electron chi connectivity index (χ3n) is 4.37. The van der Waals surface area contributed by atoms with Gasteiger partial charge in [0, 0.05) is 10.5 Å². The SMILES string of the molecule is CCC(C)(C)C(C)SSC(C)C(C)(C)CC. The second kappa shape index (κ2) is 6.58. The maximum Gasteiger partial charge on any atom is 0.0174 e. The molecule has 16 heavy (non-hydrogen) atoms. The van der Waals surface area contributed by atoms with Crippen molar-refractivity contribution in [2.75, 3.05) is 0 Å². The molecule has 0 nitrogen and oxygen atoms in total. The molecule has 0 aliphatic carbocycles. The monoisotopic (exact) mass is 262 g/mol. The van der Waals surface area contributed by atoms with E-state index in [0.717, 1.165) is 10.5 Å². The van der Waals surface area contributed by atoms with Crippen molar-refractivity contribution >= 4 is 21.6 Å². The molecule has 0 aromatic heterocycles. The molecule has 0 fully saturated rings. The van der Waals surface area contributed by atoms with E-state index in [1.807, 2.05) is 0 Å². The van der Waals surface area contributed by atoms with Crippen molar-refractivity contribution in [3.63, 3.8) is 0 Å². The highest BCUT2D eigenvalue weighted by molar-refractivity contribution is 8.77. The highest BCUT2D eigenvalue weighted by Crippen LogP contribution is 2.45. The zero-order chi connectivity index (χ0) is 13.0. The Morgan fingerprint density at radius 1 is 0.750 bits per heavy atom. The average molecular weight is 263 g/mol. The summed E-state index contributed by atoms with van der Waals surface area (Å²) in [6.45, 7) is 18.8. The molecule has 0 saturated heterocycles. The van der Waals surface area contributed by atoms with Gasteiger partial charge in [0.15, 0.2) is 0 Å². The van der Waals surface area contributed by atoms with Crippen LogP contribution in [-0.2, 0) is 0 Å². The first-order chi connectivity index (χ1) is 7.17. The summed E-state index contributed by atoms with van der Waals surface area (Å²) >= 11 is 0. The Morgan fingerprint density at radius 3 is 1.19 bits per heavy atom. The summed E-state index contributed by atoms with van der Waals surface area (Å²) in [5, 5.41) is 1.44. The molecule has 0 spiro atoms. The number of hydrogen-bond donors (Lipinski definition) is 0. The molecule has 0 aromatic carbocycles. The lowest BCUT2D eigenvalue weighted by atomic mass is 9.87. The van der Waals surface area contributed by atoms with Crippen molar-refractivity contribution in [1.29, 1.82) is 0 Å². The lowest BCUT2D eigenvalue weighted by Gasteiger charge is -2.34. The Morgan fingerprint density at radius 2 is 1.00 bits per heavy atom. The van der Waals surface area contributed by atoms with Gasteiger partial charge in [-0.15, -0.1) is 0 Å². The molecule has 0 saturated carbocycles. The van der Waals surface area contributed by atoms with E-state index in [9.17, 15) is 0 Å². The van der Waals surface area contributed by atoms with Crippen LogP contribution >= 0.6 is 21.6 Å². The van der Waals surface area contributed by atoms with Gasteiger partial charge in [0.1, 0.15) is 0 Å². The standard InChI is InChI=1S/C14H30S2/c1-9-13(5,6)11(3)15-16-12(4)14(7,8)10-2/h11-12H,9-10H2,1-8H3. The third kappa shape index (κ3) is 4.91. The first-order valence-corrected chi connectivity index (χ1v) is 8.77. The molecule has 0 aromatic rings. The minimum atomic E-state index is 0.452. The molecule has 0 bridgehead atoms. The van der Waals surface area contributed by atoms with E-state index in [1.54, 1.807) is 0 Å². The zero-order valence-corrected chi connectivity index (χ0v) is 14.0. The lowest BCUT2D eigenvalue weighted by molar-refractivity contribution is 0.348. The van der Waals surface area contributed by atoms with Gasteiger partial charge in [-0.2, -0.15) is 0 Å². The van der Waals surface area contributed by atoms with E-state index in [4.69, 9.17) is 0 Å². The Kier molecular flexibility index (Phi) is 6.87. The minimum absolute atomic E-state index is 0.452. The summed E-state index contributed by atoms with van der Waals surface area (Å²) in [5.74, 6) is 0. The van der Waals surface area contributed by atoms with Gasteiger partial charge in [0.25, 0.3) is 0 Å². The molecule has 98 valence electrons. The molecule has 2 unspecified atom stereocenters. The van der Waals surface area contributed by atoms with Crippen molar-refractivity contribution < 1.29 is 0 Å². The smallest absolute Gasteiger partial charge is 0.0174 e. The average Bonchev–Trinajstić information content (AvgIpc) is 2.24. The number of hydrogen-bond acceptors (Lipinski definition) is 2. The molecule has 0 aliphatic heterocycles. The van der Waals surface area contributed by atoms with Crippen molar-refractivity contribution in [3.05, 3.63) is 0 Å². The van der Waals surface area contributed by atoms with Gasteiger partial charge in [0.05, 0.1) is 0 Å². The van der Waals surface area contributed by atoms with Gasteiger partial charge in [-0.05, 0) is 23.7 Å². The van der Waals surface area contributed by atoms with Gasteiger partial charge in [-0.1, -0.05) is 77.0 Å². The summed E-state index contributed by atoms with van der Waals surface area (Å²) in [7, 11) is 4.15. The van der Waals surface area contributed by atoms with Crippen LogP contribution in [-0.4, -0.2) is 10.5 Å². The van der Waals surface area contributed by atoms with E-state index in [1.165, 1.54) is 12.8 Å². The second-order valence-electron chi connectivity index (χ2n) is 6.16. The zero-order valence-electron chi connectivity index (χ0n) is 12.4. The maximum absolute atomic E-state index is 2.38. The minimum Gasteiger partial charge on any atom is -0.0902 e. The van der Waals surface area contributed by atoms with Gasteiger partial charge in [-0.25, -0.2) is 0 Å². The Hall–Kier alpha value is 0.700. The quantitative estimate of drug-likeness (QED) is 0.515. The lowest BCUT2D eigenvalue weighted by Crippen LogP contribution is -2.25. The van der Waals surface area contributed by atoms with Crippen molar-refractivity contribution in [1.82, 2.24) is 0 Å². The van der Waals surface area contributed by atoms with Gasteiger partial charge >= 0.3 is 0 Å². The summed E-state index contributed by atoms with van der Waals surface area (Å²) < 4.78 is 0. The van der Waals surface area contributed by atoms with E-state index < -0.39 is 0 Å². The Bertz CT molecular complexity index is 175. The molecule has 0 amide bonds. The molecule has 0 radical (unpaired) electrons. The molecule has 0 heterocycles. The van der Waals surface area contributed by atoms with Crippen LogP contribution in [0.2, 0.25) is 0 Å². The Balaban J connectivity index is 4.16. The second-order valence-corrected chi connectivity index (χ2v) is 9.11. The van der Waals surface area contributed by atoms with Crippen molar-refractivity contribution in [2.45, 2.75) is 78.7 Å². The third-order valence-corrected chi connectivity index (χ3v) is 8.40. The molecule has 0 rings (SSSR count). The van der Waals surface area contributed by atoms with E-state index in [0.29, 0.717) is 10.8 Å². The summed E-state index contributed by atoms with van der Waals surface area (Å²) in [6, 6.07) is 0. The number of rotatable bonds is 7. The fourth-order valence-corrected chi connectivity index (χ4v) is 4.75. The van der Waals surface area contributed by atoms with Crippen LogP contribution in [0.4, 0.5) is 0 Å².